The number of carboxylic acid groups (broad SMARTS) is 1. The average molecular weight is 318 g/mol. The van der Waals surface area contributed by atoms with Gasteiger partial charge in [-0.1, -0.05) is 17.7 Å². The lowest BCUT2D eigenvalue weighted by Crippen LogP contribution is -2.51. The standard InChI is InChI=1S/C14H17ClFNO4/c1-13(2,3)21-12(20)17-14(4,11(18)19)8-5-6-10(16)9(15)7-8/h5-7H,1-4H3,(H,17,20)(H,18,19). The van der Waals surface area contributed by atoms with Crippen molar-refractivity contribution in [2.45, 2.75) is 38.8 Å². The molecular formula is C14H17ClFNO4. The van der Waals surface area contributed by atoms with Crippen molar-refractivity contribution < 1.29 is 23.8 Å². The molecule has 0 aliphatic carbocycles. The second-order valence-electron chi connectivity index (χ2n) is 5.69. The third-order valence-corrected chi connectivity index (χ3v) is 2.97. The highest BCUT2D eigenvalue weighted by atomic mass is 35.5. The van der Waals surface area contributed by atoms with E-state index in [2.05, 4.69) is 5.32 Å². The van der Waals surface area contributed by atoms with Crippen molar-refractivity contribution in [1.29, 1.82) is 0 Å². The van der Waals surface area contributed by atoms with Gasteiger partial charge in [-0.3, -0.25) is 0 Å². The molecule has 1 atom stereocenters. The van der Waals surface area contributed by atoms with E-state index in [-0.39, 0.29) is 10.6 Å². The van der Waals surface area contributed by atoms with Crippen molar-refractivity contribution in [3.05, 3.63) is 34.6 Å². The van der Waals surface area contributed by atoms with Crippen LogP contribution in [0.25, 0.3) is 0 Å². The SMILES string of the molecule is CC(C)(C)OC(=O)NC(C)(C(=O)O)c1ccc(F)c(Cl)c1. The van der Waals surface area contributed by atoms with Gasteiger partial charge in [-0.25, -0.2) is 14.0 Å². The minimum atomic E-state index is -1.79. The number of carbonyl (C=O) groups excluding carboxylic acids is 1. The van der Waals surface area contributed by atoms with Crippen LogP contribution < -0.4 is 5.32 Å². The van der Waals surface area contributed by atoms with Crippen molar-refractivity contribution >= 4 is 23.7 Å². The van der Waals surface area contributed by atoms with Crippen molar-refractivity contribution in [1.82, 2.24) is 5.32 Å². The molecule has 0 fully saturated rings. The summed E-state index contributed by atoms with van der Waals surface area (Å²) in [5.74, 6) is -2.00. The van der Waals surface area contributed by atoms with E-state index in [0.717, 1.165) is 12.1 Å². The smallest absolute Gasteiger partial charge is 0.408 e. The summed E-state index contributed by atoms with van der Waals surface area (Å²) in [4.78, 5) is 23.3. The van der Waals surface area contributed by atoms with Gasteiger partial charge in [-0.15, -0.1) is 0 Å². The Morgan fingerprint density at radius 1 is 1.29 bits per heavy atom. The Kier molecular flexibility index (Phi) is 4.83. The third-order valence-electron chi connectivity index (χ3n) is 2.68. The fourth-order valence-electron chi connectivity index (χ4n) is 1.56. The predicted octanol–water partition coefficient (Wildman–Crippen LogP) is 3.30. The highest BCUT2D eigenvalue weighted by molar-refractivity contribution is 6.30. The summed E-state index contributed by atoms with van der Waals surface area (Å²) >= 11 is 5.66. The highest BCUT2D eigenvalue weighted by Gasteiger charge is 2.38. The van der Waals surface area contributed by atoms with E-state index < -0.39 is 29.0 Å². The molecule has 0 heterocycles. The van der Waals surface area contributed by atoms with Crippen LogP contribution in [0, 0.1) is 5.82 Å². The second kappa shape index (κ2) is 5.89. The van der Waals surface area contributed by atoms with Gasteiger partial charge in [0.25, 0.3) is 0 Å². The zero-order chi connectivity index (χ0) is 16.4. The molecule has 21 heavy (non-hydrogen) atoms. The van der Waals surface area contributed by atoms with Gasteiger partial charge in [-0.05, 0) is 45.4 Å². The summed E-state index contributed by atoms with van der Waals surface area (Å²) in [5, 5.41) is 11.4. The van der Waals surface area contributed by atoms with Gasteiger partial charge in [0, 0.05) is 0 Å². The highest BCUT2D eigenvalue weighted by Crippen LogP contribution is 2.26. The van der Waals surface area contributed by atoms with Crippen molar-refractivity contribution in [3.8, 4) is 0 Å². The first-order valence-electron chi connectivity index (χ1n) is 6.16. The number of benzene rings is 1. The summed E-state index contributed by atoms with van der Waals surface area (Å²) < 4.78 is 18.2. The van der Waals surface area contributed by atoms with Gasteiger partial charge in [0.05, 0.1) is 5.02 Å². The van der Waals surface area contributed by atoms with Gasteiger partial charge in [0.2, 0.25) is 0 Å². The molecule has 1 rings (SSSR count). The molecular weight excluding hydrogens is 301 g/mol. The molecule has 0 spiro atoms. The summed E-state index contributed by atoms with van der Waals surface area (Å²) in [5.41, 5.74) is -2.43. The van der Waals surface area contributed by atoms with Gasteiger partial charge in [0.15, 0.2) is 5.54 Å². The minimum absolute atomic E-state index is 0.132. The molecule has 0 saturated carbocycles. The van der Waals surface area contributed by atoms with Crippen LogP contribution >= 0.6 is 11.6 Å². The van der Waals surface area contributed by atoms with E-state index in [1.807, 2.05) is 0 Å². The Morgan fingerprint density at radius 2 is 1.86 bits per heavy atom. The molecule has 7 heteroatoms. The van der Waals surface area contributed by atoms with Crippen molar-refractivity contribution in [2.75, 3.05) is 0 Å². The number of carbonyl (C=O) groups is 2. The number of halogens is 2. The number of aliphatic carboxylic acids is 1. The Balaban J connectivity index is 3.11. The van der Waals surface area contributed by atoms with Crippen LogP contribution in [0.3, 0.4) is 0 Å². The van der Waals surface area contributed by atoms with E-state index in [4.69, 9.17) is 16.3 Å². The molecule has 116 valence electrons. The molecule has 1 aromatic carbocycles. The summed E-state index contributed by atoms with van der Waals surface area (Å²) in [6, 6.07) is 3.44. The Bertz CT molecular complexity index is 571. The molecule has 1 unspecified atom stereocenters. The van der Waals surface area contributed by atoms with Crippen LogP contribution in [0.2, 0.25) is 5.02 Å². The number of hydrogen-bond acceptors (Lipinski definition) is 3. The average Bonchev–Trinajstić information content (AvgIpc) is 2.29. The Labute approximate surface area is 127 Å². The van der Waals surface area contributed by atoms with Gasteiger partial charge < -0.3 is 15.2 Å². The monoisotopic (exact) mass is 317 g/mol. The van der Waals surface area contributed by atoms with E-state index in [0.29, 0.717) is 0 Å². The molecule has 1 aromatic rings. The van der Waals surface area contributed by atoms with E-state index in [1.54, 1.807) is 20.8 Å². The number of ether oxygens (including phenoxy) is 1. The van der Waals surface area contributed by atoms with Crippen LogP contribution in [0.1, 0.15) is 33.3 Å². The fourth-order valence-corrected chi connectivity index (χ4v) is 1.74. The van der Waals surface area contributed by atoms with Crippen LogP contribution in [0.4, 0.5) is 9.18 Å². The number of carboxylic acids is 1. The van der Waals surface area contributed by atoms with Gasteiger partial charge >= 0.3 is 12.1 Å². The van der Waals surface area contributed by atoms with E-state index >= 15 is 0 Å². The maximum atomic E-state index is 13.2. The molecule has 5 nitrogen and oxygen atoms in total. The van der Waals surface area contributed by atoms with Crippen LogP contribution in [0.15, 0.2) is 18.2 Å². The lowest BCUT2D eigenvalue weighted by Gasteiger charge is -2.29. The van der Waals surface area contributed by atoms with Crippen LogP contribution in [-0.4, -0.2) is 22.8 Å². The first-order valence-corrected chi connectivity index (χ1v) is 6.53. The van der Waals surface area contributed by atoms with Crippen molar-refractivity contribution in [2.24, 2.45) is 0 Å². The van der Waals surface area contributed by atoms with Gasteiger partial charge in [-0.2, -0.15) is 0 Å². The second-order valence-corrected chi connectivity index (χ2v) is 6.09. The number of amides is 1. The zero-order valence-electron chi connectivity index (χ0n) is 12.2. The molecule has 0 bridgehead atoms. The number of rotatable bonds is 3. The maximum absolute atomic E-state index is 13.2. The Hall–Kier alpha value is -1.82. The first-order chi connectivity index (χ1) is 9.45. The lowest BCUT2D eigenvalue weighted by atomic mass is 9.92. The number of alkyl carbamates (subject to hydrolysis) is 1. The first kappa shape index (κ1) is 17.2. The van der Waals surface area contributed by atoms with Gasteiger partial charge in [0.1, 0.15) is 11.4 Å². The third kappa shape index (κ3) is 4.32. The molecule has 1 amide bonds. The topological polar surface area (TPSA) is 75.6 Å². The fraction of sp³-hybridized carbons (Fsp3) is 0.429. The summed E-state index contributed by atoms with van der Waals surface area (Å²) in [6.07, 6.45) is -0.896. The summed E-state index contributed by atoms with van der Waals surface area (Å²) in [7, 11) is 0. The van der Waals surface area contributed by atoms with Crippen LogP contribution in [0.5, 0.6) is 0 Å². The lowest BCUT2D eigenvalue weighted by molar-refractivity contribution is -0.144. The molecule has 0 aliphatic heterocycles. The minimum Gasteiger partial charge on any atom is -0.479 e. The Morgan fingerprint density at radius 3 is 2.29 bits per heavy atom. The largest absolute Gasteiger partial charge is 0.479 e. The van der Waals surface area contributed by atoms with Crippen LogP contribution in [-0.2, 0) is 15.1 Å². The molecule has 0 aliphatic rings. The molecule has 0 radical (unpaired) electrons. The normalized spacial score (nSPS) is 14.2. The summed E-state index contributed by atoms with van der Waals surface area (Å²) in [6.45, 7) is 6.22. The number of nitrogens with one attached hydrogen (secondary N) is 1. The maximum Gasteiger partial charge on any atom is 0.408 e. The molecule has 2 N–H and O–H groups in total. The van der Waals surface area contributed by atoms with Crippen molar-refractivity contribution in [3.63, 3.8) is 0 Å². The van der Waals surface area contributed by atoms with E-state index in [9.17, 15) is 19.1 Å². The predicted molar refractivity (Wildman–Crippen MR) is 75.8 cm³/mol. The molecule has 0 saturated heterocycles. The quantitative estimate of drug-likeness (QED) is 0.897. The zero-order valence-corrected chi connectivity index (χ0v) is 12.9. The van der Waals surface area contributed by atoms with E-state index in [1.165, 1.54) is 13.0 Å². The molecule has 0 aromatic heterocycles. The number of hydrogen-bond donors (Lipinski definition) is 2.